The average Bonchev–Trinajstić information content (AvgIpc) is 2.36. The Kier molecular flexibility index (Phi) is 3.36. The number of anilines is 1. The molecule has 0 atom stereocenters. The zero-order valence-electron chi connectivity index (χ0n) is 9.65. The molecule has 0 unspecified atom stereocenters. The van der Waals surface area contributed by atoms with Crippen molar-refractivity contribution in [2.24, 2.45) is 0 Å². The van der Waals surface area contributed by atoms with Gasteiger partial charge in [0.1, 0.15) is 0 Å². The molecule has 1 N–H and O–H groups in total. The van der Waals surface area contributed by atoms with Crippen LogP contribution in [-0.4, -0.2) is 16.8 Å². The quantitative estimate of drug-likeness (QED) is 0.901. The average molecular weight is 251 g/mol. The zero-order valence-corrected chi connectivity index (χ0v) is 9.65. The molecule has 2 rings (SSSR count). The zero-order chi connectivity index (χ0) is 13.1. The fourth-order valence-electron chi connectivity index (χ4n) is 1.50. The first-order valence-electron chi connectivity index (χ1n) is 5.29. The summed E-state index contributed by atoms with van der Waals surface area (Å²) in [5, 5.41) is 6.71. The van der Waals surface area contributed by atoms with Crippen molar-refractivity contribution in [3.63, 3.8) is 0 Å². The van der Waals surface area contributed by atoms with Crippen LogP contribution < -0.4 is 10.9 Å². The van der Waals surface area contributed by atoms with Crippen LogP contribution in [0.2, 0.25) is 0 Å². The molecule has 0 fully saturated rings. The van der Waals surface area contributed by atoms with Gasteiger partial charge >= 0.3 is 0 Å². The molecule has 0 aliphatic heterocycles. The Labute approximate surface area is 102 Å². The largest absolute Gasteiger partial charge is 0.387 e. The van der Waals surface area contributed by atoms with Crippen molar-refractivity contribution in [2.45, 2.75) is 6.54 Å². The molecule has 6 heteroatoms. The first kappa shape index (κ1) is 12.2. The van der Waals surface area contributed by atoms with Crippen molar-refractivity contribution in [2.75, 3.05) is 12.4 Å². The Bertz CT molecular complexity index is 625. The van der Waals surface area contributed by atoms with Gasteiger partial charge in [-0.2, -0.15) is 5.10 Å². The maximum Gasteiger partial charge on any atom is 0.269 e. The van der Waals surface area contributed by atoms with Crippen LogP contribution in [-0.2, 0) is 6.54 Å². The summed E-state index contributed by atoms with van der Waals surface area (Å²) in [7, 11) is 1.68. The number of nitrogens with one attached hydrogen (secondary N) is 1. The third kappa shape index (κ3) is 2.53. The molecular weight excluding hydrogens is 240 g/mol. The van der Waals surface area contributed by atoms with E-state index in [-0.39, 0.29) is 12.1 Å². The minimum atomic E-state index is -0.938. The Morgan fingerprint density at radius 2 is 2.06 bits per heavy atom. The van der Waals surface area contributed by atoms with E-state index < -0.39 is 11.6 Å². The molecule has 2 aromatic rings. The van der Waals surface area contributed by atoms with Gasteiger partial charge in [0, 0.05) is 13.1 Å². The first-order valence-corrected chi connectivity index (χ1v) is 5.29. The van der Waals surface area contributed by atoms with Crippen LogP contribution in [0.5, 0.6) is 0 Å². The maximum absolute atomic E-state index is 13.0. The van der Waals surface area contributed by atoms with Gasteiger partial charge in [0.15, 0.2) is 11.6 Å². The van der Waals surface area contributed by atoms with Gasteiger partial charge in [-0.3, -0.25) is 4.79 Å². The molecule has 0 saturated carbocycles. The second kappa shape index (κ2) is 4.95. The van der Waals surface area contributed by atoms with E-state index in [0.717, 1.165) is 12.1 Å². The molecule has 1 heterocycles. The lowest BCUT2D eigenvalue weighted by Crippen LogP contribution is -2.22. The number of halogens is 2. The normalized spacial score (nSPS) is 10.4. The van der Waals surface area contributed by atoms with Crippen LogP contribution in [0.4, 0.5) is 14.5 Å². The fraction of sp³-hybridized carbons (Fsp3) is 0.167. The van der Waals surface area contributed by atoms with Gasteiger partial charge in [0.2, 0.25) is 0 Å². The van der Waals surface area contributed by atoms with Crippen LogP contribution >= 0.6 is 0 Å². The molecule has 18 heavy (non-hydrogen) atoms. The van der Waals surface area contributed by atoms with E-state index in [1.54, 1.807) is 7.05 Å². The van der Waals surface area contributed by atoms with Gasteiger partial charge in [-0.05, 0) is 17.7 Å². The number of rotatable bonds is 3. The third-order valence-corrected chi connectivity index (χ3v) is 2.47. The molecule has 94 valence electrons. The second-order valence-corrected chi connectivity index (χ2v) is 3.74. The predicted octanol–water partition coefficient (Wildman–Crippen LogP) is 1.61. The van der Waals surface area contributed by atoms with Crippen molar-refractivity contribution >= 4 is 5.69 Å². The van der Waals surface area contributed by atoms with Gasteiger partial charge in [-0.1, -0.05) is 6.07 Å². The number of aromatic nitrogens is 2. The summed E-state index contributed by atoms with van der Waals surface area (Å²) in [6.45, 7) is 0.0972. The number of benzene rings is 1. The van der Waals surface area contributed by atoms with Crippen LogP contribution in [0.15, 0.2) is 35.3 Å². The molecule has 0 bridgehead atoms. The number of hydrogen-bond acceptors (Lipinski definition) is 3. The smallest absolute Gasteiger partial charge is 0.269 e. The Balaban J connectivity index is 2.28. The van der Waals surface area contributed by atoms with Crippen molar-refractivity contribution in [3.05, 3.63) is 58.0 Å². The topological polar surface area (TPSA) is 46.9 Å². The number of hydrogen-bond donors (Lipinski definition) is 1. The lowest BCUT2D eigenvalue weighted by atomic mass is 10.2. The second-order valence-electron chi connectivity index (χ2n) is 3.74. The molecule has 1 aromatic carbocycles. The van der Waals surface area contributed by atoms with E-state index in [1.165, 1.54) is 23.0 Å². The predicted molar refractivity (Wildman–Crippen MR) is 63.5 cm³/mol. The Morgan fingerprint density at radius 1 is 1.28 bits per heavy atom. The fourth-order valence-corrected chi connectivity index (χ4v) is 1.50. The summed E-state index contributed by atoms with van der Waals surface area (Å²) < 4.78 is 26.9. The monoisotopic (exact) mass is 251 g/mol. The van der Waals surface area contributed by atoms with E-state index >= 15 is 0 Å². The molecule has 1 aromatic heterocycles. The maximum atomic E-state index is 13.0. The lowest BCUT2D eigenvalue weighted by molar-refractivity contribution is 0.505. The van der Waals surface area contributed by atoms with Crippen molar-refractivity contribution in [1.82, 2.24) is 9.78 Å². The van der Waals surface area contributed by atoms with E-state index in [1.807, 2.05) is 0 Å². The highest BCUT2D eigenvalue weighted by atomic mass is 19.2. The summed E-state index contributed by atoms with van der Waals surface area (Å²) in [5.41, 5.74) is 0.758. The highest BCUT2D eigenvalue weighted by molar-refractivity contribution is 5.37. The van der Waals surface area contributed by atoms with Gasteiger partial charge < -0.3 is 5.32 Å². The van der Waals surface area contributed by atoms with Crippen LogP contribution in [0, 0.1) is 11.6 Å². The van der Waals surface area contributed by atoms with E-state index in [0.29, 0.717) is 11.3 Å². The van der Waals surface area contributed by atoms with Crippen LogP contribution in [0.25, 0.3) is 0 Å². The summed E-state index contributed by atoms with van der Waals surface area (Å²) in [4.78, 5) is 11.6. The molecular formula is C12H11F2N3O. The molecule has 0 spiro atoms. The van der Waals surface area contributed by atoms with E-state index in [9.17, 15) is 13.6 Å². The van der Waals surface area contributed by atoms with Crippen molar-refractivity contribution < 1.29 is 8.78 Å². The lowest BCUT2D eigenvalue weighted by Gasteiger charge is -2.06. The molecule has 0 amide bonds. The van der Waals surface area contributed by atoms with Gasteiger partial charge in [-0.25, -0.2) is 13.5 Å². The molecule has 0 aliphatic carbocycles. The summed E-state index contributed by atoms with van der Waals surface area (Å²) in [5.74, 6) is -1.85. The Morgan fingerprint density at radius 3 is 2.67 bits per heavy atom. The van der Waals surface area contributed by atoms with Gasteiger partial charge in [-0.15, -0.1) is 0 Å². The molecule has 4 nitrogen and oxygen atoms in total. The highest BCUT2D eigenvalue weighted by Gasteiger charge is 2.05. The highest BCUT2D eigenvalue weighted by Crippen LogP contribution is 2.09. The van der Waals surface area contributed by atoms with Crippen LogP contribution in [0.3, 0.4) is 0 Å². The Hall–Kier alpha value is -2.24. The minimum Gasteiger partial charge on any atom is -0.387 e. The SMILES string of the molecule is CNc1cnn(Cc2ccc(F)c(F)c2)c(=O)c1. The standard InChI is InChI=1S/C12H11F2N3O/c1-15-9-5-12(18)17(16-6-9)7-8-2-3-10(13)11(14)4-8/h2-6,15H,7H2,1H3. The van der Waals surface area contributed by atoms with Crippen molar-refractivity contribution in [1.29, 1.82) is 0 Å². The first-order chi connectivity index (χ1) is 8.60. The van der Waals surface area contributed by atoms with E-state index in [4.69, 9.17) is 0 Å². The molecule has 0 aliphatic rings. The van der Waals surface area contributed by atoms with Gasteiger partial charge in [0.25, 0.3) is 5.56 Å². The van der Waals surface area contributed by atoms with Crippen molar-refractivity contribution in [3.8, 4) is 0 Å². The molecule has 0 radical (unpaired) electrons. The van der Waals surface area contributed by atoms with Crippen LogP contribution in [0.1, 0.15) is 5.56 Å². The summed E-state index contributed by atoms with van der Waals surface area (Å²) in [6, 6.07) is 4.87. The number of nitrogens with zero attached hydrogens (tertiary/aromatic N) is 2. The summed E-state index contributed by atoms with van der Waals surface area (Å²) >= 11 is 0. The third-order valence-electron chi connectivity index (χ3n) is 2.47. The molecule has 0 saturated heterocycles. The van der Waals surface area contributed by atoms with Gasteiger partial charge in [0.05, 0.1) is 18.4 Å². The summed E-state index contributed by atoms with van der Waals surface area (Å²) in [6.07, 6.45) is 1.49. The van der Waals surface area contributed by atoms with E-state index in [2.05, 4.69) is 10.4 Å². The minimum absolute atomic E-state index is 0.0972.